The number of phenolic OH excluding ortho intramolecular Hbond substituents is 1. The van der Waals surface area contributed by atoms with Gasteiger partial charge in [0.25, 0.3) is 0 Å². The second-order valence-electron chi connectivity index (χ2n) is 4.88. The average molecular weight is 314 g/mol. The van der Waals surface area contributed by atoms with Gasteiger partial charge in [0.1, 0.15) is 11.5 Å². The van der Waals surface area contributed by atoms with Crippen LogP contribution in [-0.4, -0.2) is 24.8 Å². The minimum Gasteiger partial charge on any atom is -0.507 e. The van der Waals surface area contributed by atoms with Gasteiger partial charge in [-0.15, -0.1) is 0 Å². The fraction of sp³-hybridized carbons (Fsp3) is 0.571. The maximum absolute atomic E-state index is 10.2. The fourth-order valence-corrected chi connectivity index (χ4v) is 3.32. The number of nitrogens with one attached hydrogen (secondary N) is 1. The molecule has 1 aromatic carbocycles. The third-order valence-electron chi connectivity index (χ3n) is 3.60. The third-order valence-corrected chi connectivity index (χ3v) is 4.19. The SMILES string of the molecule is COc1c(Br)cc(CC2CCCCN2)c(O)c1C. The zero-order valence-electron chi connectivity index (χ0n) is 10.9. The van der Waals surface area contributed by atoms with Crippen LogP contribution in [0.25, 0.3) is 0 Å². The standard InChI is InChI=1S/C14H20BrNO2/c1-9-13(17)10(8-12(15)14(9)18-2)7-11-5-3-4-6-16-11/h8,11,16-17H,3-7H2,1-2H3. The molecule has 2 rings (SSSR count). The molecule has 1 aliphatic heterocycles. The van der Waals surface area contributed by atoms with Crippen molar-refractivity contribution in [1.82, 2.24) is 5.32 Å². The minimum absolute atomic E-state index is 0.363. The first-order chi connectivity index (χ1) is 8.63. The van der Waals surface area contributed by atoms with Crippen molar-refractivity contribution in [3.63, 3.8) is 0 Å². The molecule has 100 valence electrons. The van der Waals surface area contributed by atoms with Crippen LogP contribution in [0.4, 0.5) is 0 Å². The lowest BCUT2D eigenvalue weighted by molar-refractivity contribution is 0.384. The van der Waals surface area contributed by atoms with E-state index in [-0.39, 0.29) is 0 Å². The second kappa shape index (κ2) is 5.93. The van der Waals surface area contributed by atoms with Crippen LogP contribution < -0.4 is 10.1 Å². The Balaban J connectivity index is 2.22. The quantitative estimate of drug-likeness (QED) is 0.900. The Morgan fingerprint density at radius 3 is 2.89 bits per heavy atom. The van der Waals surface area contributed by atoms with Gasteiger partial charge in [0, 0.05) is 11.6 Å². The number of hydrogen-bond donors (Lipinski definition) is 2. The number of piperidine rings is 1. The Bertz CT molecular complexity index is 428. The molecular weight excluding hydrogens is 294 g/mol. The minimum atomic E-state index is 0.363. The van der Waals surface area contributed by atoms with Gasteiger partial charge in [-0.2, -0.15) is 0 Å². The van der Waals surface area contributed by atoms with Crippen molar-refractivity contribution in [1.29, 1.82) is 0 Å². The van der Waals surface area contributed by atoms with E-state index in [0.29, 0.717) is 17.5 Å². The summed E-state index contributed by atoms with van der Waals surface area (Å²) in [5.74, 6) is 1.08. The molecule has 0 saturated carbocycles. The molecular formula is C14H20BrNO2. The van der Waals surface area contributed by atoms with E-state index in [1.54, 1.807) is 7.11 Å². The first-order valence-electron chi connectivity index (χ1n) is 6.41. The van der Waals surface area contributed by atoms with Gasteiger partial charge < -0.3 is 15.2 Å². The fourth-order valence-electron chi connectivity index (χ4n) is 2.58. The summed E-state index contributed by atoms with van der Waals surface area (Å²) in [4.78, 5) is 0. The third kappa shape index (κ3) is 2.81. The van der Waals surface area contributed by atoms with Crippen molar-refractivity contribution < 1.29 is 9.84 Å². The zero-order chi connectivity index (χ0) is 13.1. The van der Waals surface area contributed by atoms with Crippen molar-refractivity contribution in [2.45, 2.75) is 38.6 Å². The van der Waals surface area contributed by atoms with Crippen LogP contribution in [0.5, 0.6) is 11.5 Å². The van der Waals surface area contributed by atoms with Crippen LogP contribution in [0, 0.1) is 6.92 Å². The second-order valence-corrected chi connectivity index (χ2v) is 5.73. The van der Waals surface area contributed by atoms with Gasteiger partial charge in [0.15, 0.2) is 0 Å². The highest BCUT2D eigenvalue weighted by atomic mass is 79.9. The smallest absolute Gasteiger partial charge is 0.139 e. The number of benzene rings is 1. The number of phenols is 1. The molecule has 3 nitrogen and oxygen atoms in total. The molecule has 0 aromatic heterocycles. The number of halogens is 1. The predicted octanol–water partition coefficient (Wildman–Crippen LogP) is 3.16. The Labute approximate surface area is 117 Å². The molecule has 0 aliphatic carbocycles. The van der Waals surface area contributed by atoms with E-state index in [9.17, 15) is 5.11 Å². The number of hydrogen-bond acceptors (Lipinski definition) is 3. The monoisotopic (exact) mass is 313 g/mol. The summed E-state index contributed by atoms with van der Waals surface area (Å²) in [5, 5.41) is 13.7. The molecule has 1 unspecified atom stereocenters. The highest BCUT2D eigenvalue weighted by Gasteiger charge is 2.18. The van der Waals surface area contributed by atoms with E-state index in [2.05, 4.69) is 21.2 Å². The number of ether oxygens (including phenoxy) is 1. The largest absolute Gasteiger partial charge is 0.507 e. The Hall–Kier alpha value is -0.740. The molecule has 1 heterocycles. The molecule has 0 bridgehead atoms. The van der Waals surface area contributed by atoms with Crippen molar-refractivity contribution in [3.05, 3.63) is 21.7 Å². The molecule has 2 N–H and O–H groups in total. The molecule has 0 spiro atoms. The van der Waals surface area contributed by atoms with E-state index in [1.165, 1.54) is 19.3 Å². The van der Waals surface area contributed by atoms with Crippen LogP contribution in [0.1, 0.15) is 30.4 Å². The van der Waals surface area contributed by atoms with Gasteiger partial charge in [-0.1, -0.05) is 6.42 Å². The van der Waals surface area contributed by atoms with Crippen LogP contribution >= 0.6 is 15.9 Å². The van der Waals surface area contributed by atoms with Gasteiger partial charge >= 0.3 is 0 Å². The predicted molar refractivity (Wildman–Crippen MR) is 76.4 cm³/mol. The summed E-state index contributed by atoms with van der Waals surface area (Å²) in [5.41, 5.74) is 1.79. The lowest BCUT2D eigenvalue weighted by atomic mass is 9.96. The molecule has 1 aliphatic rings. The zero-order valence-corrected chi connectivity index (χ0v) is 12.5. The van der Waals surface area contributed by atoms with Crippen LogP contribution in [-0.2, 0) is 6.42 Å². The Morgan fingerprint density at radius 2 is 2.28 bits per heavy atom. The van der Waals surface area contributed by atoms with Crippen LogP contribution in [0.2, 0.25) is 0 Å². The Morgan fingerprint density at radius 1 is 1.50 bits per heavy atom. The molecule has 0 radical (unpaired) electrons. The lowest BCUT2D eigenvalue weighted by Crippen LogP contribution is -2.35. The number of aromatic hydroxyl groups is 1. The summed E-state index contributed by atoms with van der Waals surface area (Å²) >= 11 is 3.50. The molecule has 1 atom stereocenters. The van der Waals surface area contributed by atoms with Gasteiger partial charge in [-0.05, 0) is 60.3 Å². The van der Waals surface area contributed by atoms with Crippen LogP contribution in [0.3, 0.4) is 0 Å². The van der Waals surface area contributed by atoms with Gasteiger partial charge in [0.05, 0.1) is 11.6 Å². The van der Waals surface area contributed by atoms with E-state index in [0.717, 1.165) is 28.6 Å². The summed E-state index contributed by atoms with van der Waals surface area (Å²) in [6.07, 6.45) is 4.58. The molecule has 18 heavy (non-hydrogen) atoms. The number of methoxy groups -OCH3 is 1. The average Bonchev–Trinajstić information content (AvgIpc) is 2.37. The first-order valence-corrected chi connectivity index (χ1v) is 7.21. The Kier molecular flexibility index (Phi) is 4.51. The van der Waals surface area contributed by atoms with Crippen molar-refractivity contribution in [3.8, 4) is 11.5 Å². The number of rotatable bonds is 3. The maximum Gasteiger partial charge on any atom is 0.139 e. The highest BCUT2D eigenvalue weighted by Crippen LogP contribution is 2.38. The first kappa shape index (κ1) is 13.7. The van der Waals surface area contributed by atoms with Gasteiger partial charge in [0.2, 0.25) is 0 Å². The van der Waals surface area contributed by atoms with E-state index < -0.39 is 0 Å². The summed E-state index contributed by atoms with van der Waals surface area (Å²) in [7, 11) is 1.62. The van der Waals surface area contributed by atoms with Crippen LogP contribution in [0.15, 0.2) is 10.5 Å². The van der Waals surface area contributed by atoms with Gasteiger partial charge in [-0.25, -0.2) is 0 Å². The normalized spacial score (nSPS) is 19.8. The van der Waals surface area contributed by atoms with Crippen molar-refractivity contribution in [2.24, 2.45) is 0 Å². The van der Waals surface area contributed by atoms with Crippen molar-refractivity contribution >= 4 is 15.9 Å². The lowest BCUT2D eigenvalue weighted by Gasteiger charge is -2.24. The van der Waals surface area contributed by atoms with E-state index in [4.69, 9.17) is 4.74 Å². The highest BCUT2D eigenvalue weighted by molar-refractivity contribution is 9.10. The summed E-state index contributed by atoms with van der Waals surface area (Å²) in [6, 6.07) is 2.45. The van der Waals surface area contributed by atoms with Gasteiger partial charge in [-0.3, -0.25) is 0 Å². The molecule has 1 aromatic rings. The summed E-state index contributed by atoms with van der Waals surface area (Å²) in [6.45, 7) is 2.97. The molecule has 0 amide bonds. The van der Waals surface area contributed by atoms with E-state index >= 15 is 0 Å². The molecule has 1 saturated heterocycles. The van der Waals surface area contributed by atoms with E-state index in [1.807, 2.05) is 13.0 Å². The topological polar surface area (TPSA) is 41.5 Å². The molecule has 1 fully saturated rings. The maximum atomic E-state index is 10.2. The summed E-state index contributed by atoms with van der Waals surface area (Å²) < 4.78 is 6.19. The van der Waals surface area contributed by atoms with Crippen molar-refractivity contribution in [2.75, 3.05) is 13.7 Å². The molecule has 4 heteroatoms.